The minimum absolute atomic E-state index is 0.591. The van der Waals surface area contributed by atoms with Crippen molar-refractivity contribution in [3.8, 4) is 0 Å². The normalized spacial score (nSPS) is 11.3. The van der Waals surface area contributed by atoms with Gasteiger partial charge >= 0.3 is 0 Å². The lowest BCUT2D eigenvalue weighted by Gasteiger charge is -2.12. The molecular weight excluding hydrogens is 298 g/mol. The van der Waals surface area contributed by atoms with Crippen molar-refractivity contribution in [2.24, 2.45) is 7.05 Å². The van der Waals surface area contributed by atoms with Gasteiger partial charge in [-0.2, -0.15) is 0 Å². The van der Waals surface area contributed by atoms with Gasteiger partial charge in [0.2, 0.25) is 0 Å². The van der Waals surface area contributed by atoms with Crippen molar-refractivity contribution in [2.75, 3.05) is 27.2 Å². The van der Waals surface area contributed by atoms with E-state index < -0.39 is 0 Å². The zero-order valence-electron chi connectivity index (χ0n) is 13.6. The second-order valence-corrected chi connectivity index (χ2v) is 6.19. The van der Waals surface area contributed by atoms with Crippen LogP contribution in [0.15, 0.2) is 30.6 Å². The Hall–Kier alpha value is -1.36. The molecule has 0 aliphatic rings. The van der Waals surface area contributed by atoms with Crippen molar-refractivity contribution in [3.63, 3.8) is 0 Å². The predicted octanol–water partition coefficient (Wildman–Crippen LogP) is 3.13. The first kappa shape index (κ1) is 17.0. The van der Waals surface area contributed by atoms with Gasteiger partial charge in [0.1, 0.15) is 5.82 Å². The highest BCUT2D eigenvalue weighted by Crippen LogP contribution is 2.19. The number of aromatic nitrogens is 2. The van der Waals surface area contributed by atoms with E-state index in [0.29, 0.717) is 6.61 Å². The lowest BCUT2D eigenvalue weighted by atomic mass is 10.0. The second-order valence-electron chi connectivity index (χ2n) is 5.75. The van der Waals surface area contributed by atoms with E-state index in [1.54, 1.807) is 0 Å². The molecule has 0 aliphatic carbocycles. The predicted molar refractivity (Wildman–Crippen MR) is 90.3 cm³/mol. The van der Waals surface area contributed by atoms with Crippen molar-refractivity contribution in [2.45, 2.75) is 19.4 Å². The molecule has 0 fully saturated rings. The van der Waals surface area contributed by atoms with Crippen molar-refractivity contribution >= 4 is 11.6 Å². The molecule has 0 saturated carbocycles. The maximum atomic E-state index is 6.13. The molecule has 22 heavy (non-hydrogen) atoms. The third-order valence-electron chi connectivity index (χ3n) is 3.59. The van der Waals surface area contributed by atoms with Gasteiger partial charge < -0.3 is 14.2 Å². The third-order valence-corrected chi connectivity index (χ3v) is 3.82. The van der Waals surface area contributed by atoms with Gasteiger partial charge in [-0.1, -0.05) is 17.7 Å². The number of ether oxygens (including phenoxy) is 1. The molecule has 5 heteroatoms. The molecule has 0 amide bonds. The van der Waals surface area contributed by atoms with Crippen LogP contribution >= 0.6 is 11.6 Å². The van der Waals surface area contributed by atoms with Crippen LogP contribution in [0.2, 0.25) is 5.02 Å². The fourth-order valence-corrected chi connectivity index (χ4v) is 2.50. The Bertz CT molecular complexity index is 595. The van der Waals surface area contributed by atoms with Gasteiger partial charge in [0.25, 0.3) is 0 Å². The first-order chi connectivity index (χ1) is 10.6. The largest absolute Gasteiger partial charge is 0.377 e. The average Bonchev–Trinajstić information content (AvgIpc) is 2.86. The van der Waals surface area contributed by atoms with Gasteiger partial charge in [-0.25, -0.2) is 4.98 Å². The molecule has 0 aliphatic heterocycles. The summed E-state index contributed by atoms with van der Waals surface area (Å²) >= 11 is 6.13. The van der Waals surface area contributed by atoms with Gasteiger partial charge in [0.15, 0.2) is 0 Å². The summed E-state index contributed by atoms with van der Waals surface area (Å²) in [5.41, 5.74) is 2.35. The maximum absolute atomic E-state index is 6.13. The third kappa shape index (κ3) is 5.13. The first-order valence-corrected chi connectivity index (χ1v) is 7.90. The lowest BCUT2D eigenvalue weighted by molar-refractivity contribution is 0.112. The Balaban J connectivity index is 1.97. The summed E-state index contributed by atoms with van der Waals surface area (Å²) in [6.07, 6.45) is 5.60. The Morgan fingerprint density at radius 1 is 1.27 bits per heavy atom. The smallest absolute Gasteiger partial charge is 0.112 e. The summed E-state index contributed by atoms with van der Waals surface area (Å²) in [4.78, 5) is 6.55. The van der Waals surface area contributed by atoms with Crippen LogP contribution in [0.5, 0.6) is 0 Å². The molecule has 0 spiro atoms. The van der Waals surface area contributed by atoms with Gasteiger partial charge in [0, 0.05) is 37.5 Å². The standard InChI is InChI=1S/C17H24ClN3O/c1-20(2)8-4-10-22-13-15-11-16(18)6-5-14(15)12-17-19-7-9-21(17)3/h5-7,9,11H,4,8,10,12-13H2,1-3H3. The summed E-state index contributed by atoms with van der Waals surface area (Å²) in [6, 6.07) is 5.98. The van der Waals surface area contributed by atoms with Gasteiger partial charge in [0.05, 0.1) is 6.61 Å². The molecule has 0 saturated heterocycles. The van der Waals surface area contributed by atoms with Gasteiger partial charge in [-0.3, -0.25) is 0 Å². The highest BCUT2D eigenvalue weighted by molar-refractivity contribution is 6.30. The summed E-state index contributed by atoms with van der Waals surface area (Å²) in [5.74, 6) is 1.04. The van der Waals surface area contributed by atoms with Gasteiger partial charge in [-0.15, -0.1) is 0 Å². The molecule has 2 aromatic rings. The van der Waals surface area contributed by atoms with Crippen LogP contribution in [0, 0.1) is 0 Å². The molecule has 1 aromatic carbocycles. The molecule has 0 unspecified atom stereocenters. The van der Waals surface area contributed by atoms with Crippen molar-refractivity contribution in [3.05, 3.63) is 52.6 Å². The Morgan fingerprint density at radius 3 is 2.77 bits per heavy atom. The number of benzene rings is 1. The van der Waals surface area contributed by atoms with Crippen molar-refractivity contribution in [1.82, 2.24) is 14.5 Å². The Morgan fingerprint density at radius 2 is 2.09 bits per heavy atom. The van der Waals surface area contributed by atoms with Crippen LogP contribution in [0.25, 0.3) is 0 Å². The molecule has 120 valence electrons. The molecule has 0 bridgehead atoms. The number of hydrogen-bond donors (Lipinski definition) is 0. The number of aryl methyl sites for hydroxylation is 1. The van der Waals surface area contributed by atoms with Gasteiger partial charge in [-0.05, 0) is 50.3 Å². The fourth-order valence-electron chi connectivity index (χ4n) is 2.30. The minimum Gasteiger partial charge on any atom is -0.377 e. The van der Waals surface area contributed by atoms with Crippen LogP contribution in [-0.2, 0) is 24.8 Å². The molecule has 0 N–H and O–H groups in total. The van der Waals surface area contributed by atoms with E-state index in [0.717, 1.165) is 42.4 Å². The fraction of sp³-hybridized carbons (Fsp3) is 0.471. The first-order valence-electron chi connectivity index (χ1n) is 7.52. The van der Waals surface area contributed by atoms with E-state index >= 15 is 0 Å². The van der Waals surface area contributed by atoms with E-state index in [4.69, 9.17) is 16.3 Å². The number of hydrogen-bond acceptors (Lipinski definition) is 3. The molecule has 0 atom stereocenters. The molecule has 2 rings (SSSR count). The highest BCUT2D eigenvalue weighted by Gasteiger charge is 2.08. The monoisotopic (exact) mass is 321 g/mol. The Labute approximate surface area is 137 Å². The van der Waals surface area contributed by atoms with Crippen LogP contribution in [-0.4, -0.2) is 41.7 Å². The SMILES string of the molecule is CN(C)CCCOCc1cc(Cl)ccc1Cc1nccn1C. The van der Waals surface area contributed by atoms with Crippen LogP contribution in [0.4, 0.5) is 0 Å². The lowest BCUT2D eigenvalue weighted by Crippen LogP contribution is -2.14. The number of nitrogens with zero attached hydrogens (tertiary/aromatic N) is 3. The van der Waals surface area contributed by atoms with E-state index in [1.165, 1.54) is 5.56 Å². The van der Waals surface area contributed by atoms with E-state index in [-0.39, 0.29) is 0 Å². The topological polar surface area (TPSA) is 30.3 Å². The molecule has 1 heterocycles. The van der Waals surface area contributed by atoms with E-state index in [1.807, 2.05) is 36.1 Å². The minimum atomic E-state index is 0.591. The zero-order chi connectivity index (χ0) is 15.9. The number of imidazole rings is 1. The summed E-state index contributed by atoms with van der Waals surface area (Å²) < 4.78 is 7.84. The van der Waals surface area contributed by atoms with Crippen molar-refractivity contribution < 1.29 is 4.74 Å². The van der Waals surface area contributed by atoms with Crippen LogP contribution < -0.4 is 0 Å². The summed E-state index contributed by atoms with van der Waals surface area (Å²) in [5, 5.41) is 0.746. The molecule has 4 nitrogen and oxygen atoms in total. The quantitative estimate of drug-likeness (QED) is 0.700. The van der Waals surface area contributed by atoms with Crippen LogP contribution in [0.3, 0.4) is 0 Å². The van der Waals surface area contributed by atoms with E-state index in [2.05, 4.69) is 30.0 Å². The second kappa shape index (κ2) is 8.32. The van der Waals surface area contributed by atoms with Crippen LogP contribution in [0.1, 0.15) is 23.4 Å². The maximum Gasteiger partial charge on any atom is 0.112 e. The summed E-state index contributed by atoms with van der Waals surface area (Å²) in [7, 11) is 6.15. The Kier molecular flexibility index (Phi) is 6.43. The number of halogens is 1. The van der Waals surface area contributed by atoms with E-state index in [9.17, 15) is 0 Å². The molecule has 1 aromatic heterocycles. The van der Waals surface area contributed by atoms with Crippen molar-refractivity contribution in [1.29, 1.82) is 0 Å². The highest BCUT2D eigenvalue weighted by atomic mass is 35.5. The molecule has 0 radical (unpaired) electrons. The molecular formula is C17H24ClN3O. The zero-order valence-corrected chi connectivity index (χ0v) is 14.3. The number of rotatable bonds is 8. The summed E-state index contributed by atoms with van der Waals surface area (Å²) in [6.45, 7) is 2.38. The average molecular weight is 322 g/mol.